The quantitative estimate of drug-likeness (QED) is 0.335. The van der Waals surface area contributed by atoms with Crippen LogP contribution in [0, 0.1) is 24.7 Å². The minimum absolute atomic E-state index is 0. The van der Waals surface area contributed by atoms with Gasteiger partial charge in [-0.1, -0.05) is 6.07 Å². The van der Waals surface area contributed by atoms with E-state index in [1.807, 2.05) is 12.1 Å². The molecule has 3 fully saturated rings. The van der Waals surface area contributed by atoms with Crippen LogP contribution in [0.2, 0.25) is 0 Å². The minimum Gasteiger partial charge on any atom is -0.394 e. The molecule has 1 saturated carbocycles. The van der Waals surface area contributed by atoms with Gasteiger partial charge in [0.15, 0.2) is 0 Å². The predicted molar refractivity (Wildman–Crippen MR) is 158 cm³/mol. The number of halogens is 1. The highest BCUT2D eigenvalue weighted by molar-refractivity contribution is 5.89. The molecule has 3 atom stereocenters. The van der Waals surface area contributed by atoms with Crippen LogP contribution in [0.5, 0.6) is 0 Å². The van der Waals surface area contributed by atoms with Crippen LogP contribution in [-0.2, 0) is 11.2 Å². The summed E-state index contributed by atoms with van der Waals surface area (Å²) in [6, 6.07) is 7.19. The molecule has 2 aliphatic heterocycles. The fraction of sp³-hybridized carbons (Fsp3) is 0.571. The van der Waals surface area contributed by atoms with Crippen molar-refractivity contribution in [1.82, 2.24) is 24.3 Å². The van der Waals surface area contributed by atoms with E-state index in [1.165, 1.54) is 17.1 Å². The standard InChI is InChI=1S/C28H40N8O4.ClH/c1-18-13-20(4-3-19(18)5-7-33-15-22-21(14-29)23(22)16-33)36-8-6-24(32-27(36)40)31-26(39)35-11-9-34(10-12-35)25(38)28(2,30)17-37;/h3-4,6,8,13,21-23,37H,5,7,9-12,14-17,29-30H2,1-2H3,(H,31,32,39,40);1H/t21?,22?,23?,28-;/m0./s1. The number of anilines is 1. The fourth-order valence-corrected chi connectivity index (χ4v) is 6.06. The molecule has 224 valence electrons. The number of benzene rings is 1. The van der Waals surface area contributed by atoms with Crippen LogP contribution in [0.4, 0.5) is 10.6 Å². The average Bonchev–Trinajstić information content (AvgIpc) is 3.43. The van der Waals surface area contributed by atoms with Gasteiger partial charge in [-0.05, 0) is 73.9 Å². The number of aromatic nitrogens is 2. The number of fused-ring (bicyclic) bond motifs is 1. The van der Waals surface area contributed by atoms with Crippen LogP contribution in [-0.4, -0.2) is 106 Å². The van der Waals surface area contributed by atoms with Crippen molar-refractivity contribution in [2.45, 2.75) is 25.8 Å². The van der Waals surface area contributed by atoms with E-state index in [0.29, 0.717) is 26.2 Å². The van der Waals surface area contributed by atoms with Crippen molar-refractivity contribution in [3.8, 4) is 5.69 Å². The van der Waals surface area contributed by atoms with Gasteiger partial charge in [-0.25, -0.2) is 9.59 Å². The Hall–Kier alpha value is -3.03. The zero-order chi connectivity index (χ0) is 28.6. The Kier molecular flexibility index (Phi) is 9.39. The smallest absolute Gasteiger partial charge is 0.354 e. The Balaban J connectivity index is 0.00000387. The van der Waals surface area contributed by atoms with Gasteiger partial charge in [-0.3, -0.25) is 14.7 Å². The Bertz CT molecular complexity index is 1310. The largest absolute Gasteiger partial charge is 0.394 e. The summed E-state index contributed by atoms with van der Waals surface area (Å²) in [5.41, 5.74) is 12.9. The second kappa shape index (κ2) is 12.5. The summed E-state index contributed by atoms with van der Waals surface area (Å²) in [7, 11) is 0. The highest BCUT2D eigenvalue weighted by atomic mass is 35.5. The van der Waals surface area contributed by atoms with Gasteiger partial charge in [0, 0.05) is 52.0 Å². The van der Waals surface area contributed by atoms with Crippen LogP contribution in [0.25, 0.3) is 5.69 Å². The van der Waals surface area contributed by atoms with Gasteiger partial charge in [0.25, 0.3) is 0 Å². The molecule has 1 aromatic heterocycles. The lowest BCUT2D eigenvalue weighted by atomic mass is 10.0. The number of nitrogens with one attached hydrogen (secondary N) is 1. The number of carbonyl (C=O) groups excluding carboxylic acids is 2. The molecule has 3 aliphatic rings. The number of piperidine rings is 1. The van der Waals surface area contributed by atoms with Gasteiger partial charge in [-0.2, -0.15) is 4.98 Å². The number of urea groups is 1. The van der Waals surface area contributed by atoms with Crippen molar-refractivity contribution in [1.29, 1.82) is 0 Å². The lowest BCUT2D eigenvalue weighted by Gasteiger charge is -2.37. The number of aryl methyl sites for hydroxylation is 1. The van der Waals surface area contributed by atoms with Gasteiger partial charge in [-0.15, -0.1) is 12.4 Å². The monoisotopic (exact) mass is 588 g/mol. The molecular weight excluding hydrogens is 548 g/mol. The van der Waals surface area contributed by atoms with Crippen molar-refractivity contribution in [3.05, 3.63) is 52.1 Å². The highest BCUT2D eigenvalue weighted by Gasteiger charge is 2.54. The summed E-state index contributed by atoms with van der Waals surface area (Å²) in [5, 5.41) is 12.0. The molecule has 13 heteroatoms. The molecule has 2 aromatic rings. The van der Waals surface area contributed by atoms with Gasteiger partial charge >= 0.3 is 11.7 Å². The molecule has 1 aromatic carbocycles. The summed E-state index contributed by atoms with van der Waals surface area (Å²) in [6.07, 6.45) is 2.57. The molecule has 5 rings (SSSR count). The summed E-state index contributed by atoms with van der Waals surface area (Å²) >= 11 is 0. The van der Waals surface area contributed by atoms with E-state index >= 15 is 0 Å². The fourth-order valence-electron chi connectivity index (χ4n) is 6.06. The number of nitrogens with zero attached hydrogens (tertiary/aromatic N) is 5. The Labute approximate surface area is 246 Å². The Morgan fingerprint density at radius 2 is 1.78 bits per heavy atom. The van der Waals surface area contributed by atoms with Crippen LogP contribution < -0.4 is 22.5 Å². The number of likely N-dealkylation sites (tertiary alicyclic amines) is 1. The van der Waals surface area contributed by atoms with E-state index in [1.54, 1.807) is 22.1 Å². The topological polar surface area (TPSA) is 163 Å². The first-order chi connectivity index (χ1) is 19.1. The molecule has 2 saturated heterocycles. The first-order valence-electron chi connectivity index (χ1n) is 14.0. The normalized spacial score (nSPS) is 23.4. The number of hydrogen-bond acceptors (Lipinski definition) is 8. The molecule has 41 heavy (non-hydrogen) atoms. The third-order valence-corrected chi connectivity index (χ3v) is 8.73. The molecule has 3 heterocycles. The van der Waals surface area contributed by atoms with E-state index in [9.17, 15) is 19.5 Å². The molecule has 2 unspecified atom stereocenters. The lowest BCUT2D eigenvalue weighted by molar-refractivity contribution is -0.139. The molecule has 6 N–H and O–H groups in total. The number of aliphatic hydroxyl groups is 1. The average molecular weight is 589 g/mol. The van der Waals surface area contributed by atoms with Gasteiger partial charge < -0.3 is 31.3 Å². The van der Waals surface area contributed by atoms with Crippen molar-refractivity contribution in [2.24, 2.45) is 29.2 Å². The molecule has 0 bridgehead atoms. The first kappa shape index (κ1) is 30.9. The van der Waals surface area contributed by atoms with Gasteiger partial charge in [0.2, 0.25) is 5.91 Å². The van der Waals surface area contributed by atoms with Crippen LogP contribution >= 0.6 is 12.4 Å². The molecule has 12 nitrogen and oxygen atoms in total. The molecule has 3 amide bonds. The predicted octanol–water partition coefficient (Wildman–Crippen LogP) is 0.0275. The first-order valence-corrected chi connectivity index (χ1v) is 14.0. The molecule has 0 radical (unpaired) electrons. The number of carbonyl (C=O) groups is 2. The minimum atomic E-state index is -1.35. The maximum Gasteiger partial charge on any atom is 0.354 e. The number of piperazine rings is 1. The van der Waals surface area contributed by atoms with Crippen LogP contribution in [0.15, 0.2) is 35.3 Å². The second-order valence-electron chi connectivity index (χ2n) is 11.6. The third kappa shape index (κ3) is 6.57. The number of rotatable bonds is 8. The van der Waals surface area contributed by atoms with E-state index in [4.69, 9.17) is 11.5 Å². The van der Waals surface area contributed by atoms with Crippen molar-refractivity contribution < 1.29 is 14.7 Å². The maximum absolute atomic E-state index is 12.8. The van der Waals surface area contributed by atoms with Crippen molar-refractivity contribution >= 4 is 30.2 Å². The summed E-state index contributed by atoms with van der Waals surface area (Å²) in [5.74, 6) is 2.13. The van der Waals surface area contributed by atoms with Gasteiger partial charge in [0.1, 0.15) is 11.4 Å². The zero-order valence-electron chi connectivity index (χ0n) is 23.7. The maximum atomic E-state index is 12.8. The number of aliphatic hydroxyl groups excluding tert-OH is 1. The second-order valence-corrected chi connectivity index (χ2v) is 11.6. The summed E-state index contributed by atoms with van der Waals surface area (Å²) < 4.78 is 1.46. The van der Waals surface area contributed by atoms with E-state index in [0.717, 1.165) is 61.6 Å². The van der Waals surface area contributed by atoms with E-state index in [2.05, 4.69) is 28.2 Å². The zero-order valence-corrected chi connectivity index (χ0v) is 24.5. The van der Waals surface area contributed by atoms with Crippen molar-refractivity contribution in [3.63, 3.8) is 0 Å². The Morgan fingerprint density at radius 3 is 2.37 bits per heavy atom. The molecular formula is C28H41ClN8O4. The van der Waals surface area contributed by atoms with E-state index in [-0.39, 0.29) is 24.1 Å². The van der Waals surface area contributed by atoms with Crippen molar-refractivity contribution in [2.75, 3.05) is 64.3 Å². The number of nitrogens with two attached hydrogens (primary N) is 2. The van der Waals surface area contributed by atoms with Gasteiger partial charge in [0.05, 0.1) is 12.3 Å². The van der Waals surface area contributed by atoms with Crippen LogP contribution in [0.1, 0.15) is 18.1 Å². The molecule has 0 spiro atoms. The SMILES string of the molecule is Cc1cc(-n2ccc(NC(=O)N3CCN(C(=O)[C@@](C)(N)CO)CC3)nc2=O)ccc1CCN1CC2C(CN)C2C1.Cl. The number of amides is 3. The lowest BCUT2D eigenvalue weighted by Crippen LogP contribution is -2.60. The Morgan fingerprint density at radius 1 is 1.12 bits per heavy atom. The molecule has 1 aliphatic carbocycles. The van der Waals surface area contributed by atoms with Crippen LogP contribution in [0.3, 0.4) is 0 Å². The summed E-state index contributed by atoms with van der Waals surface area (Å²) in [4.78, 5) is 47.7. The van der Waals surface area contributed by atoms with E-state index < -0.39 is 23.9 Å². The number of hydrogen-bond donors (Lipinski definition) is 4. The summed E-state index contributed by atoms with van der Waals surface area (Å²) in [6.45, 7) is 8.44. The highest BCUT2D eigenvalue weighted by Crippen LogP contribution is 2.50. The third-order valence-electron chi connectivity index (χ3n) is 8.73.